The molecular weight excluding hydrogens is 256 g/mol. The summed E-state index contributed by atoms with van der Waals surface area (Å²) in [6.07, 6.45) is 1.96. The van der Waals surface area contributed by atoms with Crippen LogP contribution < -0.4 is 5.73 Å². The monoisotopic (exact) mass is 272 g/mol. The number of rotatable bonds is 4. The Hall–Kier alpha value is -2.37. The van der Waals surface area contributed by atoms with Gasteiger partial charge in [0.2, 0.25) is 0 Å². The molecule has 0 spiro atoms. The van der Waals surface area contributed by atoms with Crippen molar-refractivity contribution >= 4 is 11.7 Å². The highest BCUT2D eigenvalue weighted by molar-refractivity contribution is 5.85. The quantitative estimate of drug-likeness (QED) is 0.652. The lowest BCUT2D eigenvalue weighted by Gasteiger charge is -2.12. The molecule has 1 aliphatic rings. The van der Waals surface area contributed by atoms with Gasteiger partial charge in [0, 0.05) is 5.69 Å². The molecule has 20 heavy (non-hydrogen) atoms. The van der Waals surface area contributed by atoms with Crippen LogP contribution in [-0.4, -0.2) is 27.8 Å². The van der Waals surface area contributed by atoms with Gasteiger partial charge in [-0.1, -0.05) is 12.1 Å². The molecule has 0 saturated heterocycles. The van der Waals surface area contributed by atoms with Gasteiger partial charge in [-0.3, -0.25) is 5.10 Å². The zero-order chi connectivity index (χ0) is 14.2. The maximum Gasteiger partial charge on any atom is 0.378 e. The Kier molecular flexibility index (Phi) is 2.93. The number of nitrogen functional groups attached to an aromatic ring is 1. The minimum atomic E-state index is -0.497. The molecule has 0 aliphatic heterocycles. The summed E-state index contributed by atoms with van der Waals surface area (Å²) in [5, 5.41) is 6.82. The molecule has 3 N–H and O–H groups in total. The van der Waals surface area contributed by atoms with Crippen molar-refractivity contribution in [2.75, 3.05) is 12.3 Å². The van der Waals surface area contributed by atoms with E-state index in [1.165, 1.54) is 0 Å². The SMILES string of the molecule is CCOC(=O)c1n[nH]c(C2(c3ccc(N)cc3)CC2)n1. The van der Waals surface area contributed by atoms with E-state index in [-0.39, 0.29) is 11.2 Å². The Morgan fingerprint density at radius 3 is 2.70 bits per heavy atom. The number of aromatic nitrogens is 3. The Morgan fingerprint density at radius 1 is 1.40 bits per heavy atom. The Morgan fingerprint density at radius 2 is 2.10 bits per heavy atom. The average Bonchev–Trinajstić information content (AvgIpc) is 3.10. The molecule has 2 aromatic rings. The average molecular weight is 272 g/mol. The van der Waals surface area contributed by atoms with Crippen LogP contribution in [0.4, 0.5) is 5.69 Å². The number of hydrogen-bond donors (Lipinski definition) is 2. The third-order valence-corrected chi connectivity index (χ3v) is 3.61. The maximum absolute atomic E-state index is 11.6. The van der Waals surface area contributed by atoms with Gasteiger partial charge in [-0.15, -0.1) is 5.10 Å². The Balaban J connectivity index is 1.89. The number of aromatic amines is 1. The van der Waals surface area contributed by atoms with Gasteiger partial charge in [0.15, 0.2) is 0 Å². The molecule has 1 fully saturated rings. The third-order valence-electron chi connectivity index (χ3n) is 3.61. The summed E-state index contributed by atoms with van der Waals surface area (Å²) in [4.78, 5) is 15.9. The highest BCUT2D eigenvalue weighted by Crippen LogP contribution is 2.52. The largest absolute Gasteiger partial charge is 0.460 e. The molecule has 0 atom stereocenters. The van der Waals surface area contributed by atoms with Gasteiger partial charge in [-0.2, -0.15) is 0 Å². The fourth-order valence-corrected chi connectivity index (χ4v) is 2.35. The minimum absolute atomic E-state index is 0.0866. The van der Waals surface area contributed by atoms with Crippen LogP contribution in [0.2, 0.25) is 0 Å². The van der Waals surface area contributed by atoms with E-state index < -0.39 is 5.97 Å². The van der Waals surface area contributed by atoms with Crippen molar-refractivity contribution in [1.82, 2.24) is 15.2 Å². The normalized spacial score (nSPS) is 15.8. The highest BCUT2D eigenvalue weighted by atomic mass is 16.5. The predicted octanol–water partition coefficient (Wildman–Crippen LogP) is 1.64. The second kappa shape index (κ2) is 4.63. The number of carbonyl (C=O) groups is 1. The van der Waals surface area contributed by atoms with Gasteiger partial charge in [0.05, 0.1) is 12.0 Å². The molecule has 0 unspecified atom stereocenters. The molecule has 6 heteroatoms. The van der Waals surface area contributed by atoms with Crippen molar-refractivity contribution in [2.45, 2.75) is 25.2 Å². The van der Waals surface area contributed by atoms with E-state index >= 15 is 0 Å². The number of anilines is 1. The van der Waals surface area contributed by atoms with E-state index in [2.05, 4.69) is 15.2 Å². The van der Waals surface area contributed by atoms with Crippen molar-refractivity contribution in [3.63, 3.8) is 0 Å². The lowest BCUT2D eigenvalue weighted by Crippen LogP contribution is -2.12. The molecule has 6 nitrogen and oxygen atoms in total. The zero-order valence-corrected chi connectivity index (χ0v) is 11.2. The zero-order valence-electron chi connectivity index (χ0n) is 11.2. The number of nitrogens with two attached hydrogens (primary N) is 1. The molecule has 1 aliphatic carbocycles. The van der Waals surface area contributed by atoms with Crippen LogP contribution in [0.25, 0.3) is 0 Å². The molecular formula is C14H16N4O2. The summed E-state index contributed by atoms with van der Waals surface area (Å²) in [5.74, 6) is 0.303. The molecule has 3 rings (SSSR count). The van der Waals surface area contributed by atoms with Gasteiger partial charge >= 0.3 is 5.97 Å². The van der Waals surface area contributed by atoms with E-state index in [1.807, 2.05) is 24.3 Å². The first-order valence-corrected chi connectivity index (χ1v) is 6.62. The van der Waals surface area contributed by atoms with Crippen molar-refractivity contribution in [2.24, 2.45) is 0 Å². The maximum atomic E-state index is 11.6. The van der Waals surface area contributed by atoms with Crippen molar-refractivity contribution in [3.05, 3.63) is 41.5 Å². The molecule has 0 radical (unpaired) electrons. The summed E-state index contributed by atoms with van der Waals surface area (Å²) >= 11 is 0. The molecule has 1 saturated carbocycles. The Labute approximate surface area is 116 Å². The Bertz CT molecular complexity index is 629. The predicted molar refractivity (Wildman–Crippen MR) is 73.2 cm³/mol. The van der Waals surface area contributed by atoms with Gasteiger partial charge in [0.25, 0.3) is 5.82 Å². The fraction of sp³-hybridized carbons (Fsp3) is 0.357. The summed E-state index contributed by atoms with van der Waals surface area (Å²) in [6, 6.07) is 7.74. The minimum Gasteiger partial charge on any atom is -0.460 e. The van der Waals surface area contributed by atoms with Crippen LogP contribution in [0.15, 0.2) is 24.3 Å². The van der Waals surface area contributed by atoms with Gasteiger partial charge in [0.1, 0.15) is 5.82 Å². The number of H-pyrrole nitrogens is 1. The number of nitrogens with one attached hydrogen (secondary N) is 1. The number of benzene rings is 1. The molecule has 0 bridgehead atoms. The number of esters is 1. The van der Waals surface area contributed by atoms with E-state index in [1.54, 1.807) is 6.92 Å². The standard InChI is InChI=1S/C14H16N4O2/c1-2-20-12(19)11-16-13(18-17-11)14(7-8-14)9-3-5-10(15)6-4-9/h3-6H,2,7-8,15H2,1H3,(H,16,17,18). The van der Waals surface area contributed by atoms with Crippen LogP contribution >= 0.6 is 0 Å². The summed E-state index contributed by atoms with van der Waals surface area (Å²) in [5.41, 5.74) is 7.42. The summed E-state index contributed by atoms with van der Waals surface area (Å²) in [7, 11) is 0. The lowest BCUT2D eigenvalue weighted by molar-refractivity contribution is 0.0512. The molecule has 0 amide bonds. The van der Waals surface area contributed by atoms with Crippen LogP contribution in [0.5, 0.6) is 0 Å². The molecule has 1 aromatic heterocycles. The smallest absolute Gasteiger partial charge is 0.378 e. The van der Waals surface area contributed by atoms with Crippen LogP contribution in [0, 0.1) is 0 Å². The molecule has 104 valence electrons. The van der Waals surface area contributed by atoms with Crippen LogP contribution in [0.3, 0.4) is 0 Å². The summed E-state index contributed by atoms with van der Waals surface area (Å²) in [6.45, 7) is 2.06. The van der Waals surface area contributed by atoms with E-state index in [4.69, 9.17) is 10.5 Å². The van der Waals surface area contributed by atoms with Crippen molar-refractivity contribution in [1.29, 1.82) is 0 Å². The second-order valence-electron chi connectivity index (χ2n) is 4.93. The van der Waals surface area contributed by atoms with Gasteiger partial charge < -0.3 is 10.5 Å². The summed E-state index contributed by atoms with van der Waals surface area (Å²) < 4.78 is 4.90. The van der Waals surface area contributed by atoms with E-state index in [9.17, 15) is 4.79 Å². The van der Waals surface area contributed by atoms with Crippen LogP contribution in [0.1, 0.15) is 41.8 Å². The lowest BCUT2D eigenvalue weighted by atomic mass is 9.95. The highest BCUT2D eigenvalue weighted by Gasteiger charge is 2.49. The third kappa shape index (κ3) is 2.03. The number of nitrogens with zero attached hydrogens (tertiary/aromatic N) is 2. The first kappa shape index (κ1) is 12.7. The van der Waals surface area contributed by atoms with E-state index in [0.717, 1.165) is 24.1 Å². The number of carbonyl (C=O) groups excluding carboxylic acids is 1. The number of ether oxygens (including phenoxy) is 1. The van der Waals surface area contributed by atoms with Crippen LogP contribution in [-0.2, 0) is 10.2 Å². The molecule has 1 heterocycles. The molecule has 1 aromatic carbocycles. The number of hydrogen-bond acceptors (Lipinski definition) is 5. The van der Waals surface area contributed by atoms with Gasteiger partial charge in [-0.25, -0.2) is 9.78 Å². The van der Waals surface area contributed by atoms with Crippen molar-refractivity contribution < 1.29 is 9.53 Å². The van der Waals surface area contributed by atoms with Crippen molar-refractivity contribution in [3.8, 4) is 0 Å². The van der Waals surface area contributed by atoms with E-state index in [0.29, 0.717) is 12.4 Å². The first-order chi connectivity index (χ1) is 9.65. The first-order valence-electron chi connectivity index (χ1n) is 6.62. The fourth-order valence-electron chi connectivity index (χ4n) is 2.35. The van der Waals surface area contributed by atoms with Gasteiger partial charge in [-0.05, 0) is 37.5 Å². The topological polar surface area (TPSA) is 93.9 Å². The second-order valence-corrected chi connectivity index (χ2v) is 4.93.